The molecule has 0 aliphatic carbocycles. The molecule has 1 atom stereocenters. The van der Waals surface area contributed by atoms with E-state index in [-0.39, 0.29) is 12.2 Å². The Kier molecular flexibility index (Phi) is 4.11. The molecule has 1 fully saturated rings. The van der Waals surface area contributed by atoms with Gasteiger partial charge in [-0.3, -0.25) is 14.5 Å². The standard InChI is InChI=1S/C16H20N4O2/c1-18(9-13-8-17-19(2)10-13)11-15-12-20(16(21)22-15)14-6-4-3-5-7-14/h3-8,10,15H,9,11-12H2,1-2H3/t15-/m1/s1. The van der Waals surface area contributed by atoms with Crippen LogP contribution in [0.3, 0.4) is 0 Å². The van der Waals surface area contributed by atoms with Crippen LogP contribution in [0.2, 0.25) is 0 Å². The maximum atomic E-state index is 12.0. The molecule has 1 aromatic carbocycles. The van der Waals surface area contributed by atoms with Crippen LogP contribution >= 0.6 is 0 Å². The number of aromatic nitrogens is 2. The van der Waals surface area contributed by atoms with Gasteiger partial charge in [-0.25, -0.2) is 4.79 Å². The van der Waals surface area contributed by atoms with Crippen LogP contribution in [0.5, 0.6) is 0 Å². The quantitative estimate of drug-likeness (QED) is 0.846. The molecule has 0 saturated carbocycles. The highest BCUT2D eigenvalue weighted by Crippen LogP contribution is 2.21. The minimum atomic E-state index is -0.272. The van der Waals surface area contributed by atoms with Crippen molar-refractivity contribution in [2.45, 2.75) is 12.6 Å². The SMILES string of the molecule is CN(Cc1cnn(C)c1)C[C@@H]1CN(c2ccccc2)C(=O)O1. The van der Waals surface area contributed by atoms with Gasteiger partial charge in [0.1, 0.15) is 6.10 Å². The second-order valence-electron chi connectivity index (χ2n) is 5.67. The third-order valence-electron chi connectivity index (χ3n) is 3.67. The number of benzene rings is 1. The molecule has 2 aromatic rings. The van der Waals surface area contributed by atoms with E-state index in [4.69, 9.17) is 4.74 Å². The summed E-state index contributed by atoms with van der Waals surface area (Å²) in [5, 5.41) is 4.16. The third kappa shape index (κ3) is 3.28. The van der Waals surface area contributed by atoms with E-state index >= 15 is 0 Å². The number of hydrogen-bond donors (Lipinski definition) is 0. The van der Waals surface area contributed by atoms with E-state index in [0.717, 1.165) is 17.8 Å². The number of hydrogen-bond acceptors (Lipinski definition) is 4. The molecule has 2 heterocycles. The van der Waals surface area contributed by atoms with Gasteiger partial charge >= 0.3 is 6.09 Å². The average molecular weight is 300 g/mol. The van der Waals surface area contributed by atoms with Gasteiger partial charge in [0.15, 0.2) is 0 Å². The minimum Gasteiger partial charge on any atom is -0.443 e. The molecule has 22 heavy (non-hydrogen) atoms. The highest BCUT2D eigenvalue weighted by Gasteiger charge is 2.32. The molecule has 0 radical (unpaired) electrons. The maximum Gasteiger partial charge on any atom is 0.414 e. The van der Waals surface area contributed by atoms with Crippen molar-refractivity contribution in [3.8, 4) is 0 Å². The van der Waals surface area contributed by atoms with Crippen molar-refractivity contribution in [3.63, 3.8) is 0 Å². The van der Waals surface area contributed by atoms with E-state index in [9.17, 15) is 4.79 Å². The summed E-state index contributed by atoms with van der Waals surface area (Å²) in [7, 11) is 3.92. The summed E-state index contributed by atoms with van der Waals surface area (Å²) in [6, 6.07) is 9.62. The topological polar surface area (TPSA) is 50.6 Å². The number of amides is 1. The zero-order valence-electron chi connectivity index (χ0n) is 12.8. The Hall–Kier alpha value is -2.34. The summed E-state index contributed by atoms with van der Waals surface area (Å²) in [6.07, 6.45) is 3.46. The number of carbonyl (C=O) groups is 1. The van der Waals surface area contributed by atoms with Crippen molar-refractivity contribution in [1.29, 1.82) is 0 Å². The molecule has 1 aromatic heterocycles. The number of aryl methyl sites for hydroxylation is 1. The van der Waals surface area contributed by atoms with Crippen molar-refractivity contribution < 1.29 is 9.53 Å². The molecule has 1 aliphatic heterocycles. The van der Waals surface area contributed by atoms with Crippen LogP contribution in [-0.2, 0) is 18.3 Å². The first kappa shape index (κ1) is 14.6. The molecule has 1 aliphatic rings. The monoisotopic (exact) mass is 300 g/mol. The fourth-order valence-corrected chi connectivity index (χ4v) is 2.71. The average Bonchev–Trinajstić information content (AvgIpc) is 3.05. The normalized spacial score (nSPS) is 18.0. The van der Waals surface area contributed by atoms with Crippen LogP contribution in [-0.4, -0.2) is 47.0 Å². The molecular formula is C16H20N4O2. The van der Waals surface area contributed by atoms with Crippen LogP contribution in [0.15, 0.2) is 42.7 Å². The van der Waals surface area contributed by atoms with Gasteiger partial charge in [0.25, 0.3) is 0 Å². The molecule has 116 valence electrons. The predicted octanol–water partition coefficient (Wildman–Crippen LogP) is 1.88. The lowest BCUT2D eigenvalue weighted by Crippen LogP contribution is -2.32. The lowest BCUT2D eigenvalue weighted by molar-refractivity contribution is 0.115. The van der Waals surface area contributed by atoms with Crippen molar-refractivity contribution in [2.24, 2.45) is 7.05 Å². The highest BCUT2D eigenvalue weighted by molar-refractivity contribution is 5.89. The highest BCUT2D eigenvalue weighted by atomic mass is 16.6. The molecule has 6 heteroatoms. The molecule has 3 rings (SSSR count). The number of ether oxygens (including phenoxy) is 1. The largest absolute Gasteiger partial charge is 0.443 e. The van der Waals surface area contributed by atoms with Gasteiger partial charge in [-0.2, -0.15) is 5.10 Å². The number of nitrogens with zero attached hydrogens (tertiary/aromatic N) is 4. The Morgan fingerprint density at radius 1 is 1.36 bits per heavy atom. The van der Waals surface area contributed by atoms with Gasteiger partial charge in [-0.15, -0.1) is 0 Å². The summed E-state index contributed by atoms with van der Waals surface area (Å²) in [6.45, 7) is 2.07. The van der Waals surface area contributed by atoms with E-state index in [1.165, 1.54) is 0 Å². The molecule has 0 unspecified atom stereocenters. The van der Waals surface area contributed by atoms with Crippen LogP contribution < -0.4 is 4.90 Å². The Balaban J connectivity index is 1.57. The van der Waals surface area contributed by atoms with E-state index in [1.807, 2.05) is 56.8 Å². The zero-order valence-corrected chi connectivity index (χ0v) is 12.8. The van der Waals surface area contributed by atoms with Crippen LogP contribution in [0.4, 0.5) is 10.5 Å². The molecular weight excluding hydrogens is 280 g/mol. The Bertz CT molecular complexity index is 641. The Morgan fingerprint density at radius 3 is 2.82 bits per heavy atom. The number of anilines is 1. The zero-order chi connectivity index (χ0) is 15.5. The lowest BCUT2D eigenvalue weighted by Gasteiger charge is -2.19. The third-order valence-corrected chi connectivity index (χ3v) is 3.67. The summed E-state index contributed by atoms with van der Waals surface area (Å²) in [4.78, 5) is 15.8. The summed E-state index contributed by atoms with van der Waals surface area (Å²) < 4.78 is 7.25. The van der Waals surface area contributed by atoms with Crippen molar-refractivity contribution in [3.05, 3.63) is 48.3 Å². The molecule has 0 N–H and O–H groups in total. The van der Waals surface area contributed by atoms with Gasteiger partial charge in [-0.05, 0) is 19.2 Å². The Morgan fingerprint density at radius 2 is 2.14 bits per heavy atom. The van der Waals surface area contributed by atoms with Crippen molar-refractivity contribution >= 4 is 11.8 Å². The second kappa shape index (κ2) is 6.19. The number of para-hydroxylation sites is 1. The van der Waals surface area contributed by atoms with Gasteiger partial charge in [0.2, 0.25) is 0 Å². The minimum absolute atomic E-state index is 0.116. The molecule has 6 nitrogen and oxygen atoms in total. The smallest absolute Gasteiger partial charge is 0.414 e. The molecule has 0 spiro atoms. The van der Waals surface area contributed by atoms with Gasteiger partial charge < -0.3 is 4.74 Å². The van der Waals surface area contributed by atoms with Gasteiger partial charge in [-0.1, -0.05) is 18.2 Å². The molecule has 1 amide bonds. The first-order chi connectivity index (χ1) is 10.6. The van der Waals surface area contributed by atoms with Crippen LogP contribution in [0.1, 0.15) is 5.56 Å². The van der Waals surface area contributed by atoms with Crippen molar-refractivity contribution in [2.75, 3.05) is 25.0 Å². The fourth-order valence-electron chi connectivity index (χ4n) is 2.71. The summed E-state index contributed by atoms with van der Waals surface area (Å²) in [5.74, 6) is 0. The van der Waals surface area contributed by atoms with E-state index < -0.39 is 0 Å². The predicted molar refractivity (Wildman–Crippen MR) is 83.6 cm³/mol. The first-order valence-electron chi connectivity index (χ1n) is 7.31. The van der Waals surface area contributed by atoms with Crippen LogP contribution in [0, 0.1) is 0 Å². The van der Waals surface area contributed by atoms with Gasteiger partial charge in [0.05, 0.1) is 12.7 Å². The number of rotatable bonds is 5. The Labute approximate surface area is 129 Å². The summed E-state index contributed by atoms with van der Waals surface area (Å²) in [5.41, 5.74) is 2.03. The number of likely N-dealkylation sites (N-methyl/N-ethyl adjacent to an activating group) is 1. The van der Waals surface area contributed by atoms with E-state index in [0.29, 0.717) is 13.1 Å². The second-order valence-corrected chi connectivity index (χ2v) is 5.67. The lowest BCUT2D eigenvalue weighted by atomic mass is 10.2. The fraction of sp³-hybridized carbons (Fsp3) is 0.375. The maximum absolute atomic E-state index is 12.0. The number of carbonyl (C=O) groups excluding carboxylic acids is 1. The van der Waals surface area contributed by atoms with E-state index in [1.54, 1.807) is 9.58 Å². The first-order valence-corrected chi connectivity index (χ1v) is 7.31. The number of cyclic esters (lactones) is 1. The molecule has 1 saturated heterocycles. The molecule has 0 bridgehead atoms. The van der Waals surface area contributed by atoms with Crippen molar-refractivity contribution in [1.82, 2.24) is 14.7 Å². The van der Waals surface area contributed by atoms with E-state index in [2.05, 4.69) is 10.00 Å². The summed E-state index contributed by atoms with van der Waals surface area (Å²) >= 11 is 0. The van der Waals surface area contributed by atoms with Crippen LogP contribution in [0.25, 0.3) is 0 Å². The van der Waals surface area contributed by atoms with Gasteiger partial charge in [0, 0.05) is 37.6 Å².